The fraction of sp³-hybridized carbons (Fsp3) is 0.400. The highest BCUT2D eigenvalue weighted by Gasteiger charge is 2.46. The van der Waals surface area contributed by atoms with Crippen molar-refractivity contribution in [1.82, 2.24) is 0 Å². The minimum absolute atomic E-state index is 0.0574. The summed E-state index contributed by atoms with van der Waals surface area (Å²) in [6, 6.07) is 3.30. The molecule has 0 aromatic heterocycles. The van der Waals surface area contributed by atoms with E-state index in [1.807, 2.05) is 0 Å². The molecule has 2 rings (SSSR count). The molecule has 4 heteroatoms. The van der Waals surface area contributed by atoms with Gasteiger partial charge in [-0.2, -0.15) is 0 Å². The van der Waals surface area contributed by atoms with Gasteiger partial charge in [0.15, 0.2) is 0 Å². The fourth-order valence-electron chi connectivity index (χ4n) is 1.54. The van der Waals surface area contributed by atoms with E-state index in [2.05, 4.69) is 0 Å². The monoisotopic (exact) mass is 200 g/mol. The number of rotatable bonds is 3. The Labute approximate surface area is 80.1 Å². The van der Waals surface area contributed by atoms with E-state index in [0.29, 0.717) is 18.6 Å². The minimum Gasteiger partial charge on any atom is -0.396 e. The first-order chi connectivity index (χ1) is 6.66. The van der Waals surface area contributed by atoms with E-state index in [0.717, 1.165) is 6.07 Å². The molecule has 0 radical (unpaired) electrons. The molecule has 1 fully saturated rings. The van der Waals surface area contributed by atoms with Gasteiger partial charge in [-0.3, -0.25) is 0 Å². The van der Waals surface area contributed by atoms with Crippen LogP contribution in [0.1, 0.15) is 12.0 Å². The van der Waals surface area contributed by atoms with Crippen LogP contribution < -0.4 is 0 Å². The summed E-state index contributed by atoms with van der Waals surface area (Å²) in [5, 5.41) is 8.77. The number of aliphatic hydroxyl groups excluding tert-OH is 1. The van der Waals surface area contributed by atoms with E-state index >= 15 is 0 Å². The molecule has 1 N–H and O–H groups in total. The Morgan fingerprint density at radius 3 is 2.29 bits per heavy atom. The Balaban J connectivity index is 2.32. The first kappa shape index (κ1) is 9.55. The molecule has 0 spiro atoms. The van der Waals surface area contributed by atoms with Crippen LogP contribution in [0.3, 0.4) is 0 Å². The third kappa shape index (κ3) is 1.63. The molecule has 1 aliphatic rings. The van der Waals surface area contributed by atoms with Crippen molar-refractivity contribution < 1.29 is 18.6 Å². The van der Waals surface area contributed by atoms with Gasteiger partial charge >= 0.3 is 0 Å². The summed E-state index contributed by atoms with van der Waals surface area (Å²) in [6.45, 7) is 0.356. The standard InChI is InChI=1S/C10H10F2O2/c11-8-3-7(4-9(12)5-8)10(1-2-13)6-14-10/h3-5,13H,1-2,6H2. The van der Waals surface area contributed by atoms with E-state index in [1.165, 1.54) is 12.1 Å². The van der Waals surface area contributed by atoms with Crippen LogP contribution >= 0.6 is 0 Å². The quantitative estimate of drug-likeness (QED) is 0.751. The third-order valence-electron chi connectivity index (χ3n) is 2.40. The summed E-state index contributed by atoms with van der Waals surface area (Å²) < 4.78 is 30.9. The van der Waals surface area contributed by atoms with Crippen molar-refractivity contribution in [2.45, 2.75) is 12.0 Å². The molecule has 76 valence electrons. The second-order valence-electron chi connectivity index (χ2n) is 3.41. The Bertz CT molecular complexity index is 328. The lowest BCUT2D eigenvalue weighted by molar-refractivity contribution is 0.214. The number of benzene rings is 1. The number of hydrogen-bond acceptors (Lipinski definition) is 2. The zero-order valence-corrected chi connectivity index (χ0v) is 7.46. The summed E-state index contributed by atoms with van der Waals surface area (Å²) in [5.74, 6) is -1.24. The van der Waals surface area contributed by atoms with Gasteiger partial charge in [0.05, 0.1) is 6.61 Å². The van der Waals surface area contributed by atoms with Gasteiger partial charge in [-0.25, -0.2) is 8.78 Å². The predicted molar refractivity (Wildman–Crippen MR) is 45.7 cm³/mol. The van der Waals surface area contributed by atoms with Crippen LogP contribution in [-0.4, -0.2) is 18.3 Å². The molecule has 1 saturated heterocycles. The van der Waals surface area contributed by atoms with Gasteiger partial charge in [0.1, 0.15) is 17.2 Å². The zero-order chi connectivity index (χ0) is 10.2. The summed E-state index contributed by atoms with van der Waals surface area (Å²) in [6.07, 6.45) is 0.371. The largest absolute Gasteiger partial charge is 0.396 e. The van der Waals surface area contributed by atoms with Crippen molar-refractivity contribution in [2.75, 3.05) is 13.2 Å². The highest BCUT2D eigenvalue weighted by Crippen LogP contribution is 2.42. The second-order valence-corrected chi connectivity index (χ2v) is 3.41. The van der Waals surface area contributed by atoms with Crippen LogP contribution in [0.4, 0.5) is 8.78 Å². The van der Waals surface area contributed by atoms with Gasteiger partial charge in [-0.05, 0) is 17.7 Å². The first-order valence-corrected chi connectivity index (χ1v) is 4.38. The number of halogens is 2. The Morgan fingerprint density at radius 2 is 1.86 bits per heavy atom. The van der Waals surface area contributed by atoms with Crippen LogP contribution in [0.15, 0.2) is 18.2 Å². The normalized spacial score (nSPS) is 25.1. The van der Waals surface area contributed by atoms with Gasteiger partial charge in [0.25, 0.3) is 0 Å². The molecule has 1 unspecified atom stereocenters. The van der Waals surface area contributed by atoms with Gasteiger partial charge in [-0.15, -0.1) is 0 Å². The SMILES string of the molecule is OCCC1(c2cc(F)cc(F)c2)CO1. The maximum atomic E-state index is 12.9. The average Bonchev–Trinajstić information content (AvgIpc) is 2.84. The van der Waals surface area contributed by atoms with Crippen LogP contribution in [0.25, 0.3) is 0 Å². The zero-order valence-electron chi connectivity index (χ0n) is 7.46. The molecule has 0 aliphatic carbocycles. The highest BCUT2D eigenvalue weighted by atomic mass is 19.1. The maximum absolute atomic E-state index is 12.9. The van der Waals surface area contributed by atoms with Crippen molar-refractivity contribution >= 4 is 0 Å². The Kier molecular flexibility index (Phi) is 2.25. The van der Waals surface area contributed by atoms with E-state index in [9.17, 15) is 8.78 Å². The highest BCUT2D eigenvalue weighted by molar-refractivity contribution is 5.28. The van der Waals surface area contributed by atoms with E-state index in [1.54, 1.807) is 0 Å². The average molecular weight is 200 g/mol. The first-order valence-electron chi connectivity index (χ1n) is 4.38. The smallest absolute Gasteiger partial charge is 0.126 e. The third-order valence-corrected chi connectivity index (χ3v) is 2.40. The maximum Gasteiger partial charge on any atom is 0.126 e. The second kappa shape index (κ2) is 3.29. The lowest BCUT2D eigenvalue weighted by atomic mass is 9.97. The van der Waals surface area contributed by atoms with Gasteiger partial charge in [0.2, 0.25) is 0 Å². The molecule has 1 heterocycles. The number of ether oxygens (including phenoxy) is 1. The fourth-order valence-corrected chi connectivity index (χ4v) is 1.54. The van der Waals surface area contributed by atoms with Crippen LogP contribution in [-0.2, 0) is 10.3 Å². The van der Waals surface area contributed by atoms with Gasteiger partial charge in [0, 0.05) is 19.1 Å². The molecule has 1 atom stereocenters. The van der Waals surface area contributed by atoms with Crippen LogP contribution in [0.5, 0.6) is 0 Å². The van der Waals surface area contributed by atoms with E-state index in [4.69, 9.17) is 9.84 Å². The molecule has 1 aromatic rings. The molecule has 2 nitrogen and oxygen atoms in total. The van der Waals surface area contributed by atoms with E-state index in [-0.39, 0.29) is 6.61 Å². The molecule has 0 saturated carbocycles. The van der Waals surface area contributed by atoms with Crippen molar-refractivity contribution in [3.05, 3.63) is 35.4 Å². The van der Waals surface area contributed by atoms with Gasteiger partial charge in [-0.1, -0.05) is 0 Å². The summed E-state index contributed by atoms with van der Waals surface area (Å²) >= 11 is 0. The molecular weight excluding hydrogens is 190 g/mol. The number of aliphatic hydroxyl groups is 1. The summed E-state index contributed by atoms with van der Waals surface area (Å²) in [4.78, 5) is 0. The molecular formula is C10H10F2O2. The summed E-state index contributed by atoms with van der Waals surface area (Å²) in [7, 11) is 0. The number of hydrogen-bond donors (Lipinski definition) is 1. The van der Waals surface area contributed by atoms with Crippen LogP contribution in [0.2, 0.25) is 0 Å². The lowest BCUT2D eigenvalue weighted by Crippen LogP contribution is -2.11. The van der Waals surface area contributed by atoms with Crippen molar-refractivity contribution in [1.29, 1.82) is 0 Å². The molecule has 14 heavy (non-hydrogen) atoms. The summed E-state index contributed by atoms with van der Waals surface area (Å²) in [5.41, 5.74) is -0.193. The topological polar surface area (TPSA) is 32.8 Å². The number of epoxide rings is 1. The molecule has 1 aliphatic heterocycles. The predicted octanol–water partition coefficient (Wildman–Crippen LogP) is 1.57. The van der Waals surface area contributed by atoms with E-state index < -0.39 is 17.2 Å². The van der Waals surface area contributed by atoms with Crippen molar-refractivity contribution in [2.24, 2.45) is 0 Å². The minimum atomic E-state index is -0.655. The van der Waals surface area contributed by atoms with Gasteiger partial charge < -0.3 is 9.84 Å². The Hall–Kier alpha value is -1.00. The molecule has 0 amide bonds. The molecule has 1 aromatic carbocycles. The van der Waals surface area contributed by atoms with Crippen molar-refractivity contribution in [3.63, 3.8) is 0 Å². The lowest BCUT2D eigenvalue weighted by Gasteiger charge is -2.10. The Morgan fingerprint density at radius 1 is 1.29 bits per heavy atom. The van der Waals surface area contributed by atoms with Crippen LogP contribution in [0, 0.1) is 11.6 Å². The van der Waals surface area contributed by atoms with Crippen molar-refractivity contribution in [3.8, 4) is 0 Å². The molecule has 0 bridgehead atoms.